The third-order valence-corrected chi connectivity index (χ3v) is 3.44. The molecule has 0 amide bonds. The lowest BCUT2D eigenvalue weighted by Gasteiger charge is -2.13. The van der Waals surface area contributed by atoms with E-state index in [4.69, 9.17) is 5.73 Å². The van der Waals surface area contributed by atoms with Crippen molar-refractivity contribution in [1.82, 2.24) is 9.97 Å². The van der Waals surface area contributed by atoms with E-state index in [-0.39, 0.29) is 0 Å². The molecule has 0 aliphatic heterocycles. The largest absolute Gasteiger partial charge is 0.383 e. The van der Waals surface area contributed by atoms with E-state index in [1.54, 1.807) is 38.1 Å². The van der Waals surface area contributed by atoms with Crippen molar-refractivity contribution in [1.29, 1.82) is 0 Å². The topological polar surface area (TPSA) is 63.8 Å². The number of benzene rings is 1. The van der Waals surface area contributed by atoms with E-state index in [0.29, 0.717) is 45.4 Å². The Hall–Kier alpha value is -1.89. The monoisotopic (exact) mass is 296 g/mol. The maximum atomic E-state index is 12.5. The van der Waals surface area contributed by atoms with E-state index >= 15 is 0 Å². The number of nitrogen functional groups attached to an aromatic ring is 1. The van der Waals surface area contributed by atoms with Gasteiger partial charge in [0.15, 0.2) is 0 Å². The second-order valence-corrected chi connectivity index (χ2v) is 5.16. The van der Waals surface area contributed by atoms with Crippen molar-refractivity contribution >= 4 is 29.1 Å². The lowest BCUT2D eigenvalue weighted by Crippen LogP contribution is -2.05. The average Bonchev–Trinajstić information content (AvgIpc) is 2.37. The lowest BCUT2D eigenvalue weighted by atomic mass is 10.2. The summed E-state index contributed by atoms with van der Waals surface area (Å²) in [5.41, 5.74) is 7.03. The summed E-state index contributed by atoms with van der Waals surface area (Å²) in [7, 11) is 0. The molecule has 2 aromatic rings. The molecule has 0 fully saturated rings. The molecule has 3 N–H and O–H groups in total. The van der Waals surface area contributed by atoms with Gasteiger partial charge in [0.1, 0.15) is 17.5 Å². The molecule has 1 heterocycles. The number of aryl methyl sites for hydroxylation is 1. The minimum absolute atomic E-state index is 0.374. The first-order valence-electron chi connectivity index (χ1n) is 5.89. The van der Waals surface area contributed by atoms with E-state index < -0.39 is 5.76 Å². The van der Waals surface area contributed by atoms with Crippen molar-refractivity contribution in [2.24, 2.45) is 0 Å². The highest BCUT2D eigenvalue weighted by Crippen LogP contribution is 2.33. The third-order valence-electron chi connectivity index (χ3n) is 2.65. The molecule has 2 rings (SSSR count). The maximum absolute atomic E-state index is 12.5. The van der Waals surface area contributed by atoms with Crippen LogP contribution in [0.15, 0.2) is 29.2 Å². The third kappa shape index (κ3) is 3.36. The van der Waals surface area contributed by atoms with Crippen LogP contribution >= 0.6 is 11.8 Å². The first-order valence-corrected chi connectivity index (χ1v) is 6.77. The Morgan fingerprint density at radius 3 is 2.60 bits per heavy atom. The molecule has 106 valence electrons. The number of hydrogen-bond donors (Lipinski definition) is 2. The number of hydrogen-bond acceptors (Lipinski definition) is 5. The number of aromatic nitrogens is 2. The second kappa shape index (κ2) is 6.04. The van der Waals surface area contributed by atoms with E-state index in [1.165, 1.54) is 0 Å². The fourth-order valence-corrected chi connectivity index (χ4v) is 2.26. The Balaban J connectivity index is 2.35. The summed E-state index contributed by atoms with van der Waals surface area (Å²) < 4.78 is 25.1. The summed E-state index contributed by atoms with van der Waals surface area (Å²) >= 11 is 0.488. The van der Waals surface area contributed by atoms with Gasteiger partial charge in [0, 0.05) is 10.5 Å². The molecule has 0 aliphatic carbocycles. The summed E-state index contributed by atoms with van der Waals surface area (Å²) in [6, 6.07) is 6.83. The minimum atomic E-state index is -2.48. The van der Waals surface area contributed by atoms with Crippen molar-refractivity contribution in [2.45, 2.75) is 24.5 Å². The van der Waals surface area contributed by atoms with Gasteiger partial charge in [-0.05, 0) is 26.0 Å². The zero-order valence-electron chi connectivity index (χ0n) is 11.0. The Morgan fingerprint density at radius 2 is 1.90 bits per heavy atom. The number of alkyl halides is 2. The van der Waals surface area contributed by atoms with Gasteiger partial charge in [-0.1, -0.05) is 23.9 Å². The molecule has 0 bridgehead atoms. The van der Waals surface area contributed by atoms with Crippen molar-refractivity contribution in [2.75, 3.05) is 11.1 Å². The highest BCUT2D eigenvalue weighted by Gasteiger charge is 2.12. The summed E-state index contributed by atoms with van der Waals surface area (Å²) in [5, 5.41) is 3.04. The molecule has 0 aliphatic rings. The van der Waals surface area contributed by atoms with Crippen LogP contribution in [0.2, 0.25) is 0 Å². The van der Waals surface area contributed by atoms with Gasteiger partial charge in [-0.25, -0.2) is 9.97 Å². The van der Waals surface area contributed by atoms with Gasteiger partial charge in [-0.2, -0.15) is 8.78 Å². The number of nitrogens with one attached hydrogen (secondary N) is 1. The number of anilines is 3. The molecular formula is C13H14F2N4S. The number of halogens is 2. The van der Waals surface area contributed by atoms with Gasteiger partial charge in [-0.15, -0.1) is 0 Å². The Bertz CT molecular complexity index is 619. The van der Waals surface area contributed by atoms with Gasteiger partial charge < -0.3 is 11.1 Å². The number of rotatable bonds is 4. The molecule has 7 heteroatoms. The van der Waals surface area contributed by atoms with E-state index in [9.17, 15) is 8.78 Å². The predicted molar refractivity (Wildman–Crippen MR) is 77.5 cm³/mol. The van der Waals surface area contributed by atoms with Gasteiger partial charge >= 0.3 is 0 Å². The van der Waals surface area contributed by atoms with Crippen molar-refractivity contribution in [3.05, 3.63) is 35.7 Å². The zero-order chi connectivity index (χ0) is 14.7. The van der Waals surface area contributed by atoms with Gasteiger partial charge in [0.25, 0.3) is 5.76 Å². The molecule has 20 heavy (non-hydrogen) atoms. The molecule has 0 spiro atoms. The van der Waals surface area contributed by atoms with Crippen LogP contribution in [-0.4, -0.2) is 15.7 Å². The standard InChI is InChI=1S/C13H14F2N4S/c1-7-11(16)17-8(2)18-12(7)19-9-5-3-4-6-10(9)20-13(14)15/h3-6,13H,1-2H3,(H3,16,17,18,19). The molecule has 0 atom stereocenters. The lowest BCUT2D eigenvalue weighted by molar-refractivity contribution is 0.252. The molecule has 0 saturated heterocycles. The molecule has 1 aromatic heterocycles. The van der Waals surface area contributed by atoms with E-state index in [1.807, 2.05) is 0 Å². The zero-order valence-corrected chi connectivity index (χ0v) is 11.8. The van der Waals surface area contributed by atoms with Crippen LogP contribution < -0.4 is 11.1 Å². The Kier molecular flexibility index (Phi) is 4.39. The van der Waals surface area contributed by atoms with Gasteiger partial charge in [0.2, 0.25) is 0 Å². The summed E-state index contributed by atoms with van der Waals surface area (Å²) in [6.07, 6.45) is 0. The number of para-hydroxylation sites is 1. The molecular weight excluding hydrogens is 282 g/mol. The molecule has 4 nitrogen and oxygen atoms in total. The van der Waals surface area contributed by atoms with Gasteiger partial charge in [0.05, 0.1) is 5.69 Å². The van der Waals surface area contributed by atoms with Crippen LogP contribution in [0.4, 0.5) is 26.1 Å². The highest BCUT2D eigenvalue weighted by molar-refractivity contribution is 7.99. The van der Waals surface area contributed by atoms with Crippen LogP contribution in [0.25, 0.3) is 0 Å². The Morgan fingerprint density at radius 1 is 1.20 bits per heavy atom. The fraction of sp³-hybridized carbons (Fsp3) is 0.231. The molecule has 0 unspecified atom stereocenters. The smallest absolute Gasteiger partial charge is 0.288 e. The van der Waals surface area contributed by atoms with Crippen molar-refractivity contribution in [3.63, 3.8) is 0 Å². The van der Waals surface area contributed by atoms with Crippen molar-refractivity contribution in [3.8, 4) is 0 Å². The maximum Gasteiger partial charge on any atom is 0.288 e. The van der Waals surface area contributed by atoms with Crippen molar-refractivity contribution < 1.29 is 8.78 Å². The minimum Gasteiger partial charge on any atom is -0.383 e. The Labute approximate surface area is 119 Å². The summed E-state index contributed by atoms with van der Waals surface area (Å²) in [6.45, 7) is 3.50. The average molecular weight is 296 g/mol. The second-order valence-electron chi connectivity index (χ2n) is 4.13. The summed E-state index contributed by atoms with van der Waals surface area (Å²) in [4.78, 5) is 8.75. The van der Waals surface area contributed by atoms with Crippen LogP contribution in [0.1, 0.15) is 11.4 Å². The molecule has 0 saturated carbocycles. The highest BCUT2D eigenvalue weighted by atomic mass is 32.2. The number of nitrogens with two attached hydrogens (primary N) is 1. The van der Waals surface area contributed by atoms with E-state index in [0.717, 1.165) is 0 Å². The van der Waals surface area contributed by atoms with E-state index in [2.05, 4.69) is 15.3 Å². The molecule has 1 aromatic carbocycles. The summed E-state index contributed by atoms with van der Waals surface area (Å²) in [5.74, 6) is -1.05. The first kappa shape index (κ1) is 14.5. The number of nitrogens with zero attached hydrogens (tertiary/aromatic N) is 2. The van der Waals surface area contributed by atoms with Gasteiger partial charge in [-0.3, -0.25) is 0 Å². The van der Waals surface area contributed by atoms with Crippen LogP contribution in [0.3, 0.4) is 0 Å². The number of thioether (sulfide) groups is 1. The quantitative estimate of drug-likeness (QED) is 0.842. The first-order chi connectivity index (χ1) is 9.47. The molecule has 0 radical (unpaired) electrons. The fourth-order valence-electron chi connectivity index (χ4n) is 1.67. The SMILES string of the molecule is Cc1nc(N)c(C)c(Nc2ccccc2SC(F)F)n1. The van der Waals surface area contributed by atoms with Crippen LogP contribution in [0.5, 0.6) is 0 Å². The van der Waals surface area contributed by atoms with Crippen LogP contribution in [0, 0.1) is 13.8 Å². The predicted octanol–water partition coefficient (Wildman–Crippen LogP) is 3.73. The normalized spacial score (nSPS) is 10.8. The van der Waals surface area contributed by atoms with Crippen LogP contribution in [-0.2, 0) is 0 Å².